The number of thioether (sulfide) groups is 1. The van der Waals surface area contributed by atoms with Crippen LogP contribution in [-0.4, -0.2) is 17.2 Å². The summed E-state index contributed by atoms with van der Waals surface area (Å²) in [4.78, 5) is 12.6. The Morgan fingerprint density at radius 1 is 1.59 bits per heavy atom. The molecule has 92 valence electrons. The fourth-order valence-electron chi connectivity index (χ4n) is 1.43. The average Bonchev–Trinajstić information content (AvgIpc) is 3.07. The summed E-state index contributed by atoms with van der Waals surface area (Å²) in [6.07, 6.45) is 2.19. The molecule has 1 aromatic carbocycles. The molecule has 0 spiro atoms. The minimum Gasteiger partial charge on any atom is -0.398 e. The van der Waals surface area contributed by atoms with Crippen LogP contribution in [0.15, 0.2) is 23.1 Å². The van der Waals surface area contributed by atoms with E-state index in [0.717, 1.165) is 17.7 Å². The van der Waals surface area contributed by atoms with Gasteiger partial charge in [-0.25, -0.2) is 0 Å². The molecule has 0 aliphatic heterocycles. The molecule has 2 rings (SSSR count). The SMILES string of the molecule is CC(Sc1c(N)cccc1Cl)C(=O)NC1CC1. The van der Waals surface area contributed by atoms with E-state index in [1.54, 1.807) is 18.2 Å². The van der Waals surface area contributed by atoms with Crippen molar-refractivity contribution in [2.75, 3.05) is 5.73 Å². The molecule has 1 unspecified atom stereocenters. The second-order valence-electron chi connectivity index (χ2n) is 4.20. The van der Waals surface area contributed by atoms with Gasteiger partial charge in [-0.2, -0.15) is 0 Å². The van der Waals surface area contributed by atoms with E-state index in [2.05, 4.69) is 5.32 Å². The first kappa shape index (κ1) is 12.6. The molecule has 0 radical (unpaired) electrons. The molecule has 1 aliphatic carbocycles. The maximum absolute atomic E-state index is 11.8. The van der Waals surface area contributed by atoms with Crippen LogP contribution in [0, 0.1) is 0 Å². The third-order valence-electron chi connectivity index (χ3n) is 2.59. The highest BCUT2D eigenvalue weighted by Crippen LogP contribution is 2.35. The second-order valence-corrected chi connectivity index (χ2v) is 5.96. The van der Waals surface area contributed by atoms with Crippen LogP contribution < -0.4 is 11.1 Å². The highest BCUT2D eigenvalue weighted by Gasteiger charge is 2.26. The third-order valence-corrected chi connectivity index (χ3v) is 4.27. The Morgan fingerprint density at radius 3 is 2.88 bits per heavy atom. The highest BCUT2D eigenvalue weighted by atomic mass is 35.5. The maximum atomic E-state index is 11.8. The van der Waals surface area contributed by atoms with Crippen LogP contribution in [0.5, 0.6) is 0 Å². The summed E-state index contributed by atoms with van der Waals surface area (Å²) in [5.41, 5.74) is 6.47. The van der Waals surface area contributed by atoms with Crippen LogP contribution in [0.2, 0.25) is 5.02 Å². The van der Waals surface area contributed by atoms with Crippen LogP contribution in [-0.2, 0) is 4.79 Å². The minimum absolute atomic E-state index is 0.0526. The maximum Gasteiger partial charge on any atom is 0.233 e. The monoisotopic (exact) mass is 270 g/mol. The van der Waals surface area contributed by atoms with Crippen molar-refractivity contribution in [3.05, 3.63) is 23.2 Å². The van der Waals surface area contributed by atoms with Crippen molar-refractivity contribution < 1.29 is 4.79 Å². The number of nitrogens with two attached hydrogens (primary N) is 1. The van der Waals surface area contributed by atoms with Crippen molar-refractivity contribution in [2.24, 2.45) is 0 Å². The van der Waals surface area contributed by atoms with E-state index in [-0.39, 0.29) is 11.2 Å². The van der Waals surface area contributed by atoms with Gasteiger partial charge in [0.25, 0.3) is 0 Å². The molecule has 3 nitrogen and oxygen atoms in total. The number of rotatable bonds is 4. The fraction of sp³-hybridized carbons (Fsp3) is 0.417. The van der Waals surface area contributed by atoms with Crippen molar-refractivity contribution in [1.29, 1.82) is 0 Å². The van der Waals surface area contributed by atoms with Crippen molar-refractivity contribution >= 4 is 35.0 Å². The molecule has 1 saturated carbocycles. The highest BCUT2D eigenvalue weighted by molar-refractivity contribution is 8.00. The summed E-state index contributed by atoms with van der Waals surface area (Å²) in [5.74, 6) is 0.0526. The molecule has 1 amide bonds. The number of hydrogen-bond acceptors (Lipinski definition) is 3. The van der Waals surface area contributed by atoms with Crippen molar-refractivity contribution in [2.45, 2.75) is 36.0 Å². The van der Waals surface area contributed by atoms with Crippen LogP contribution in [0.1, 0.15) is 19.8 Å². The van der Waals surface area contributed by atoms with E-state index in [4.69, 9.17) is 17.3 Å². The molecule has 1 fully saturated rings. The second kappa shape index (κ2) is 5.19. The predicted octanol–water partition coefficient (Wildman–Crippen LogP) is 2.68. The number of benzene rings is 1. The zero-order valence-corrected chi connectivity index (χ0v) is 11.1. The minimum atomic E-state index is -0.183. The number of nitrogen functional groups attached to an aromatic ring is 1. The molecule has 1 atom stereocenters. The Morgan fingerprint density at radius 2 is 2.29 bits per heavy atom. The Bertz CT molecular complexity index is 414. The lowest BCUT2D eigenvalue weighted by Crippen LogP contribution is -2.32. The topological polar surface area (TPSA) is 55.1 Å². The van der Waals surface area contributed by atoms with Crippen LogP contribution in [0.25, 0.3) is 0 Å². The zero-order valence-electron chi connectivity index (χ0n) is 9.57. The number of carbonyl (C=O) groups is 1. The first-order valence-corrected chi connectivity index (χ1v) is 6.84. The number of anilines is 1. The van der Waals surface area contributed by atoms with Gasteiger partial charge < -0.3 is 11.1 Å². The number of nitrogens with one attached hydrogen (secondary N) is 1. The Kier molecular flexibility index (Phi) is 3.84. The third kappa shape index (κ3) is 3.30. The molecule has 0 bridgehead atoms. The van der Waals surface area contributed by atoms with Gasteiger partial charge in [-0.05, 0) is 31.9 Å². The first-order valence-electron chi connectivity index (χ1n) is 5.59. The fourth-order valence-corrected chi connectivity index (χ4v) is 2.66. The van der Waals surface area contributed by atoms with Gasteiger partial charge in [0, 0.05) is 16.6 Å². The number of carbonyl (C=O) groups excluding carboxylic acids is 1. The molecule has 0 saturated heterocycles. The normalized spacial score (nSPS) is 16.6. The molecule has 3 N–H and O–H groups in total. The lowest BCUT2D eigenvalue weighted by atomic mass is 10.3. The average molecular weight is 271 g/mol. The van der Waals surface area contributed by atoms with E-state index in [9.17, 15) is 4.79 Å². The van der Waals surface area contributed by atoms with Crippen LogP contribution in [0.4, 0.5) is 5.69 Å². The van der Waals surface area contributed by atoms with Crippen molar-refractivity contribution in [3.8, 4) is 0 Å². The van der Waals surface area contributed by atoms with Crippen LogP contribution >= 0.6 is 23.4 Å². The first-order chi connectivity index (χ1) is 8.08. The van der Waals surface area contributed by atoms with E-state index in [1.165, 1.54) is 11.8 Å². The molecular formula is C12H15ClN2OS. The van der Waals surface area contributed by atoms with Gasteiger partial charge in [0.05, 0.1) is 10.3 Å². The summed E-state index contributed by atoms with van der Waals surface area (Å²) in [7, 11) is 0. The van der Waals surface area contributed by atoms with E-state index < -0.39 is 0 Å². The molecule has 17 heavy (non-hydrogen) atoms. The summed E-state index contributed by atoms with van der Waals surface area (Å²) >= 11 is 7.47. The van der Waals surface area contributed by atoms with E-state index in [0.29, 0.717) is 16.8 Å². The molecule has 1 aromatic rings. The lowest BCUT2D eigenvalue weighted by molar-refractivity contribution is -0.120. The number of halogens is 1. The quantitative estimate of drug-likeness (QED) is 0.653. The summed E-state index contributed by atoms with van der Waals surface area (Å²) < 4.78 is 0. The van der Waals surface area contributed by atoms with Gasteiger partial charge in [-0.1, -0.05) is 17.7 Å². The predicted molar refractivity (Wildman–Crippen MR) is 72.3 cm³/mol. The van der Waals surface area contributed by atoms with Crippen molar-refractivity contribution in [3.63, 3.8) is 0 Å². The van der Waals surface area contributed by atoms with Crippen LogP contribution in [0.3, 0.4) is 0 Å². The van der Waals surface area contributed by atoms with Gasteiger partial charge in [-0.3, -0.25) is 4.79 Å². The van der Waals surface area contributed by atoms with Gasteiger partial charge >= 0.3 is 0 Å². The van der Waals surface area contributed by atoms with Gasteiger partial charge in [0.15, 0.2) is 0 Å². The number of amides is 1. The van der Waals surface area contributed by atoms with E-state index in [1.807, 2.05) is 6.92 Å². The smallest absolute Gasteiger partial charge is 0.233 e. The van der Waals surface area contributed by atoms with Gasteiger partial charge in [0.2, 0.25) is 5.91 Å². The Labute approximate surface area is 110 Å². The van der Waals surface area contributed by atoms with Gasteiger partial charge in [-0.15, -0.1) is 11.8 Å². The molecule has 1 aliphatic rings. The summed E-state index contributed by atoms with van der Waals surface area (Å²) in [6, 6.07) is 5.76. The van der Waals surface area contributed by atoms with Crippen molar-refractivity contribution in [1.82, 2.24) is 5.32 Å². The Hall–Kier alpha value is -0.870. The Balaban J connectivity index is 2.01. The molecule has 0 aromatic heterocycles. The molecular weight excluding hydrogens is 256 g/mol. The van der Waals surface area contributed by atoms with E-state index >= 15 is 0 Å². The summed E-state index contributed by atoms with van der Waals surface area (Å²) in [6.45, 7) is 1.87. The summed E-state index contributed by atoms with van der Waals surface area (Å²) in [5, 5.41) is 3.38. The van der Waals surface area contributed by atoms with Gasteiger partial charge in [0.1, 0.15) is 0 Å². The number of hydrogen-bond donors (Lipinski definition) is 2. The largest absolute Gasteiger partial charge is 0.398 e. The zero-order chi connectivity index (χ0) is 12.4. The standard InChI is InChI=1S/C12H15ClN2OS/c1-7(12(16)15-8-5-6-8)17-11-9(13)3-2-4-10(11)14/h2-4,7-8H,5-6,14H2,1H3,(H,15,16). The lowest BCUT2D eigenvalue weighted by Gasteiger charge is -2.13. The molecule has 0 heterocycles. The molecule has 5 heteroatoms.